The van der Waals surface area contributed by atoms with Crippen molar-refractivity contribution in [1.82, 2.24) is 0 Å². The maximum absolute atomic E-state index is 5.93. The van der Waals surface area contributed by atoms with E-state index in [0.717, 1.165) is 40.9 Å². The van der Waals surface area contributed by atoms with Crippen LogP contribution >= 0.6 is 0 Å². The van der Waals surface area contributed by atoms with Gasteiger partial charge in [0.05, 0.1) is 11.3 Å². The fourth-order valence-electron chi connectivity index (χ4n) is 2.58. The van der Waals surface area contributed by atoms with Gasteiger partial charge in [-0.15, -0.1) is 13.0 Å². The molecule has 0 saturated heterocycles. The molecule has 1 N–H and O–H groups in total. The van der Waals surface area contributed by atoms with Gasteiger partial charge in [0.25, 0.3) is 0 Å². The van der Waals surface area contributed by atoms with Gasteiger partial charge in [-0.2, -0.15) is 0 Å². The number of anilines is 1. The summed E-state index contributed by atoms with van der Waals surface area (Å²) in [5.41, 5.74) is 4.91. The zero-order valence-electron chi connectivity index (χ0n) is 22.9. The molecule has 0 aromatic heterocycles. The maximum atomic E-state index is 5.93. The number of terminal acetylenes is 1. The average Bonchev–Trinajstić information content (AvgIpc) is 2.85. The lowest BCUT2D eigenvalue weighted by atomic mass is 10.1. The van der Waals surface area contributed by atoms with Crippen LogP contribution in [0.4, 0.5) is 5.69 Å². The van der Waals surface area contributed by atoms with E-state index >= 15 is 0 Å². The maximum Gasteiger partial charge on any atom is 0.0549 e. The molecule has 0 aliphatic rings. The molecule has 1 rings (SSSR count). The molecule has 0 aliphatic carbocycles. The number of rotatable bonds is 8. The zero-order valence-corrected chi connectivity index (χ0v) is 22.9. The van der Waals surface area contributed by atoms with Crippen molar-refractivity contribution in [2.45, 2.75) is 68.2 Å². The molecule has 1 atom stereocenters. The summed E-state index contributed by atoms with van der Waals surface area (Å²) in [4.78, 5) is 0. The van der Waals surface area contributed by atoms with E-state index in [1.165, 1.54) is 0 Å². The van der Waals surface area contributed by atoms with Crippen LogP contribution in [0.3, 0.4) is 0 Å². The van der Waals surface area contributed by atoms with Crippen molar-refractivity contribution in [3.63, 3.8) is 0 Å². The van der Waals surface area contributed by atoms with Crippen LogP contribution in [0.15, 0.2) is 91.2 Å². The summed E-state index contributed by atoms with van der Waals surface area (Å²) in [6.45, 7) is 20.4. The molecule has 0 heterocycles. The molecule has 1 heteroatoms. The van der Waals surface area contributed by atoms with E-state index in [1.54, 1.807) is 0 Å². The fraction of sp³-hybridized carbons (Fsp3) is 0.333. The summed E-state index contributed by atoms with van der Waals surface area (Å²) >= 11 is 0. The van der Waals surface area contributed by atoms with Crippen LogP contribution in [-0.2, 0) is 0 Å². The van der Waals surface area contributed by atoms with Crippen LogP contribution in [-0.4, -0.2) is 0 Å². The van der Waals surface area contributed by atoms with E-state index in [2.05, 4.69) is 68.9 Å². The molecule has 0 fully saturated rings. The molecule has 1 aromatic carbocycles. The van der Waals surface area contributed by atoms with Crippen molar-refractivity contribution in [2.75, 3.05) is 5.32 Å². The Balaban J connectivity index is 0. The zero-order chi connectivity index (χ0) is 26.2. The molecule has 0 bridgehead atoms. The van der Waals surface area contributed by atoms with Gasteiger partial charge in [-0.3, -0.25) is 0 Å². The Bertz CT molecular complexity index is 898. The van der Waals surface area contributed by atoms with Gasteiger partial charge in [-0.1, -0.05) is 113 Å². The largest absolute Gasteiger partial charge is 0.358 e. The Morgan fingerprint density at radius 2 is 1.74 bits per heavy atom. The quantitative estimate of drug-likeness (QED) is 0.232. The predicted octanol–water partition coefficient (Wildman–Crippen LogP) is 10.2. The number of allylic oxidation sites excluding steroid dienone is 7. The molecule has 0 radical (unpaired) electrons. The third-order valence-electron chi connectivity index (χ3n) is 4.65. The molecule has 0 amide bonds. The van der Waals surface area contributed by atoms with Crippen molar-refractivity contribution < 1.29 is 0 Å². The van der Waals surface area contributed by atoms with Gasteiger partial charge in [-0.05, 0) is 56.9 Å². The summed E-state index contributed by atoms with van der Waals surface area (Å²) in [7, 11) is 0. The monoisotopic (exact) mass is 457 g/mol. The lowest BCUT2D eigenvalue weighted by Crippen LogP contribution is -2.01. The lowest BCUT2D eigenvalue weighted by Gasteiger charge is -2.12. The fourth-order valence-corrected chi connectivity index (χ4v) is 2.58. The predicted molar refractivity (Wildman–Crippen MR) is 158 cm³/mol. The molecular weight excluding hydrogens is 410 g/mol. The Morgan fingerprint density at radius 1 is 1.09 bits per heavy atom. The molecule has 1 aromatic rings. The van der Waals surface area contributed by atoms with E-state index in [9.17, 15) is 0 Å². The smallest absolute Gasteiger partial charge is 0.0549 e. The minimum absolute atomic E-state index is 0.554. The second-order valence-electron chi connectivity index (χ2n) is 7.43. The summed E-state index contributed by atoms with van der Waals surface area (Å²) in [6, 6.07) is 12.3. The summed E-state index contributed by atoms with van der Waals surface area (Å²) in [5.74, 6) is 3.43. The summed E-state index contributed by atoms with van der Waals surface area (Å²) in [6.07, 6.45) is 24.2. The topological polar surface area (TPSA) is 12.0 Å². The second kappa shape index (κ2) is 22.9. The second-order valence-corrected chi connectivity index (χ2v) is 7.43. The average molecular weight is 458 g/mol. The Morgan fingerprint density at radius 3 is 2.26 bits per heavy atom. The molecule has 0 spiro atoms. The van der Waals surface area contributed by atoms with Gasteiger partial charge in [0.1, 0.15) is 0 Å². The molecule has 1 nitrogen and oxygen atoms in total. The number of hydrogen-bond acceptors (Lipinski definition) is 1. The highest BCUT2D eigenvalue weighted by Gasteiger charge is 2.04. The van der Waals surface area contributed by atoms with E-state index in [1.807, 2.05) is 89.3 Å². The van der Waals surface area contributed by atoms with E-state index in [4.69, 9.17) is 6.42 Å². The highest BCUT2D eigenvalue weighted by molar-refractivity contribution is 5.70. The molecule has 184 valence electrons. The molecule has 0 saturated carbocycles. The first-order valence-electron chi connectivity index (χ1n) is 12.4. The molecule has 34 heavy (non-hydrogen) atoms. The van der Waals surface area contributed by atoms with Crippen molar-refractivity contribution in [1.29, 1.82) is 0 Å². The molecule has 0 aliphatic heterocycles. The van der Waals surface area contributed by atoms with Crippen LogP contribution in [0, 0.1) is 25.2 Å². The van der Waals surface area contributed by atoms with Crippen molar-refractivity contribution in [2.24, 2.45) is 5.92 Å². The first-order chi connectivity index (χ1) is 16.5. The van der Waals surface area contributed by atoms with Crippen LogP contribution in [0.25, 0.3) is 6.08 Å². The highest BCUT2D eigenvalue weighted by Crippen LogP contribution is 2.22. The van der Waals surface area contributed by atoms with Crippen LogP contribution < -0.4 is 5.32 Å². The first-order valence-corrected chi connectivity index (χ1v) is 12.4. The van der Waals surface area contributed by atoms with Crippen molar-refractivity contribution in [3.8, 4) is 12.3 Å². The third kappa shape index (κ3) is 15.5. The SMILES string of the molecule is C#Cc1c(/C=C\C)cccccc(C)cc1N/C(=C/C=C\C(C)CC)CC=C.C/C=C\C.CC. The van der Waals surface area contributed by atoms with Gasteiger partial charge in [-0.25, -0.2) is 0 Å². The molecular formula is C33H47N. The Labute approximate surface area is 211 Å². The minimum atomic E-state index is 0.554. The number of aryl methyl sites for hydroxylation is 1. The van der Waals surface area contributed by atoms with Crippen molar-refractivity contribution >= 4 is 11.8 Å². The lowest BCUT2D eigenvalue weighted by molar-refractivity contribution is 0.698. The summed E-state index contributed by atoms with van der Waals surface area (Å²) in [5, 5.41) is 3.55. The van der Waals surface area contributed by atoms with Crippen LogP contribution in [0.2, 0.25) is 0 Å². The Kier molecular flexibility index (Phi) is 22.2. The van der Waals surface area contributed by atoms with Gasteiger partial charge in [0, 0.05) is 12.1 Å². The van der Waals surface area contributed by atoms with Gasteiger partial charge in [0.2, 0.25) is 0 Å². The number of hydrogen-bond donors (Lipinski definition) is 1. The normalized spacial score (nSPS) is 11.6. The highest BCUT2D eigenvalue weighted by atomic mass is 14.9. The van der Waals surface area contributed by atoms with Gasteiger partial charge < -0.3 is 5.32 Å². The van der Waals surface area contributed by atoms with Crippen LogP contribution in [0.1, 0.15) is 78.0 Å². The molecule has 1 unspecified atom stereocenters. The van der Waals surface area contributed by atoms with E-state index in [-0.39, 0.29) is 0 Å². The van der Waals surface area contributed by atoms with E-state index < -0.39 is 0 Å². The minimum Gasteiger partial charge on any atom is -0.358 e. The van der Waals surface area contributed by atoms with Gasteiger partial charge >= 0.3 is 0 Å². The number of nitrogens with one attached hydrogen (secondary N) is 1. The standard InChI is InChI=1S/C27H33N.C4H8.C2H6/c1-7-15-24-19-13-11-12-17-23(6)21-27(26(24)10-4)28-25(16-8-2)20-14-18-22(5)9-3;1-3-4-2;1-2/h4,7-8,11-15,17-22,28H,2,9,16H2,1,3,5-6H3;3-4H,1-2H3;1-2H3/b12-11?,13-11?,15-7-,17-12?,18-14-,19-13?,23-17?,23-21?,24-19?,25-20+,26-24?,27-21?,27-26?;4-3-;. The van der Waals surface area contributed by atoms with Gasteiger partial charge in [0.15, 0.2) is 0 Å². The summed E-state index contributed by atoms with van der Waals surface area (Å²) < 4.78 is 0. The van der Waals surface area contributed by atoms with E-state index in [0.29, 0.717) is 5.92 Å². The third-order valence-corrected chi connectivity index (χ3v) is 4.65. The van der Waals surface area contributed by atoms with Crippen LogP contribution in [0.5, 0.6) is 0 Å². The first kappa shape index (κ1) is 32.9. The van der Waals surface area contributed by atoms with Crippen molar-refractivity contribution in [3.05, 3.63) is 108 Å². The Hall–Kier alpha value is -3.24.